The second-order valence-electron chi connectivity index (χ2n) is 6.53. The van der Waals surface area contributed by atoms with Crippen LogP contribution < -0.4 is 5.69 Å². The molecule has 130 valence electrons. The van der Waals surface area contributed by atoms with E-state index in [9.17, 15) is 9.59 Å². The average Bonchev–Trinajstić information content (AvgIpc) is 2.77. The van der Waals surface area contributed by atoms with E-state index in [-0.39, 0.29) is 18.1 Å². The van der Waals surface area contributed by atoms with Crippen LogP contribution in [-0.4, -0.2) is 33.5 Å². The molecule has 1 amide bonds. The number of likely N-dealkylation sites (N-methyl/N-ethyl adjacent to an activating group) is 1. The SMILES string of the molecule is C=C(C)n1c(=O)n(CC(=O)N(C)CCCC)c2cc(C)c(C)cc21. The molecule has 0 radical (unpaired) electrons. The Balaban J connectivity index is 2.52. The third-order valence-corrected chi connectivity index (χ3v) is 4.49. The molecule has 5 heteroatoms. The molecule has 0 aliphatic rings. The van der Waals surface area contributed by atoms with E-state index in [0.29, 0.717) is 12.2 Å². The summed E-state index contributed by atoms with van der Waals surface area (Å²) in [6.07, 6.45) is 1.99. The van der Waals surface area contributed by atoms with Crippen molar-refractivity contribution in [2.45, 2.75) is 47.1 Å². The number of fused-ring (bicyclic) bond motifs is 1. The van der Waals surface area contributed by atoms with Gasteiger partial charge in [0.05, 0.1) is 11.0 Å². The van der Waals surface area contributed by atoms with E-state index in [0.717, 1.165) is 35.0 Å². The van der Waals surface area contributed by atoms with Crippen molar-refractivity contribution in [1.82, 2.24) is 14.0 Å². The van der Waals surface area contributed by atoms with Crippen LogP contribution in [0.15, 0.2) is 23.5 Å². The Morgan fingerprint density at radius 3 is 2.33 bits per heavy atom. The zero-order valence-corrected chi connectivity index (χ0v) is 15.3. The Morgan fingerprint density at radius 1 is 1.21 bits per heavy atom. The highest BCUT2D eigenvalue weighted by atomic mass is 16.2. The zero-order chi connectivity index (χ0) is 18.0. The lowest BCUT2D eigenvalue weighted by Crippen LogP contribution is -2.34. The molecule has 24 heavy (non-hydrogen) atoms. The number of allylic oxidation sites excluding steroid dienone is 1. The fraction of sp³-hybridized carbons (Fsp3) is 0.474. The summed E-state index contributed by atoms with van der Waals surface area (Å²) in [4.78, 5) is 27.0. The average molecular weight is 329 g/mol. The van der Waals surface area contributed by atoms with Gasteiger partial charge in [-0.05, 0) is 50.5 Å². The molecular weight excluding hydrogens is 302 g/mol. The lowest BCUT2D eigenvalue weighted by atomic mass is 10.1. The number of carbonyl (C=O) groups excluding carboxylic acids is 1. The van der Waals surface area contributed by atoms with Gasteiger partial charge in [0.25, 0.3) is 0 Å². The van der Waals surface area contributed by atoms with Crippen LogP contribution in [0.25, 0.3) is 16.7 Å². The Bertz CT molecular complexity index is 842. The molecule has 0 saturated heterocycles. The third kappa shape index (κ3) is 3.30. The first-order valence-corrected chi connectivity index (χ1v) is 8.40. The maximum atomic E-state index is 12.8. The van der Waals surface area contributed by atoms with Crippen LogP contribution in [0.4, 0.5) is 0 Å². The minimum absolute atomic E-state index is 0.0513. The molecule has 5 nitrogen and oxygen atoms in total. The van der Waals surface area contributed by atoms with Crippen molar-refractivity contribution in [3.63, 3.8) is 0 Å². The van der Waals surface area contributed by atoms with E-state index in [1.807, 2.05) is 26.0 Å². The van der Waals surface area contributed by atoms with E-state index in [1.165, 1.54) is 0 Å². The molecule has 0 aliphatic carbocycles. The van der Waals surface area contributed by atoms with Gasteiger partial charge in [0.1, 0.15) is 6.54 Å². The van der Waals surface area contributed by atoms with Gasteiger partial charge in [-0.15, -0.1) is 0 Å². The van der Waals surface area contributed by atoms with E-state index in [4.69, 9.17) is 0 Å². The summed E-state index contributed by atoms with van der Waals surface area (Å²) in [6.45, 7) is 12.6. The number of hydrogen-bond donors (Lipinski definition) is 0. The number of amides is 1. The highest BCUT2D eigenvalue weighted by Gasteiger charge is 2.18. The van der Waals surface area contributed by atoms with Gasteiger partial charge in [-0.3, -0.25) is 13.9 Å². The van der Waals surface area contributed by atoms with Crippen LogP contribution >= 0.6 is 0 Å². The van der Waals surface area contributed by atoms with Crippen LogP contribution in [0, 0.1) is 13.8 Å². The second-order valence-corrected chi connectivity index (χ2v) is 6.53. The predicted octanol–water partition coefficient (Wildman–Crippen LogP) is 3.17. The predicted molar refractivity (Wildman–Crippen MR) is 99.2 cm³/mol. The summed E-state index contributed by atoms with van der Waals surface area (Å²) < 4.78 is 3.14. The molecule has 1 aromatic heterocycles. The van der Waals surface area contributed by atoms with Crippen molar-refractivity contribution >= 4 is 22.6 Å². The second kappa shape index (κ2) is 7.07. The van der Waals surface area contributed by atoms with Crippen LogP contribution in [0.5, 0.6) is 0 Å². The molecule has 2 rings (SSSR count). The number of aryl methyl sites for hydroxylation is 2. The summed E-state index contributed by atoms with van der Waals surface area (Å²) in [5, 5.41) is 0. The fourth-order valence-electron chi connectivity index (χ4n) is 2.81. The van der Waals surface area contributed by atoms with Gasteiger partial charge in [0.15, 0.2) is 0 Å². The zero-order valence-electron chi connectivity index (χ0n) is 15.3. The van der Waals surface area contributed by atoms with Gasteiger partial charge in [-0.25, -0.2) is 4.79 Å². The largest absolute Gasteiger partial charge is 0.344 e. The number of imidazole rings is 1. The number of hydrogen-bond acceptors (Lipinski definition) is 2. The Hall–Kier alpha value is -2.30. The lowest BCUT2D eigenvalue weighted by Gasteiger charge is -2.17. The number of benzene rings is 1. The van der Waals surface area contributed by atoms with Gasteiger partial charge >= 0.3 is 5.69 Å². The number of nitrogens with zero attached hydrogens (tertiary/aromatic N) is 3. The monoisotopic (exact) mass is 329 g/mol. The highest BCUT2D eigenvalue weighted by molar-refractivity contribution is 5.84. The maximum absolute atomic E-state index is 12.8. The van der Waals surface area contributed by atoms with Crippen LogP contribution in [0.3, 0.4) is 0 Å². The first-order chi connectivity index (χ1) is 11.3. The first kappa shape index (κ1) is 18.0. The Morgan fingerprint density at radius 2 is 1.79 bits per heavy atom. The van der Waals surface area contributed by atoms with Crippen molar-refractivity contribution in [3.05, 3.63) is 40.3 Å². The van der Waals surface area contributed by atoms with Crippen molar-refractivity contribution in [1.29, 1.82) is 0 Å². The number of rotatable bonds is 6. The number of aromatic nitrogens is 2. The molecular formula is C19H27N3O2. The molecule has 0 bridgehead atoms. The van der Waals surface area contributed by atoms with Gasteiger partial charge in [-0.1, -0.05) is 19.9 Å². The van der Waals surface area contributed by atoms with Gasteiger partial charge in [-0.2, -0.15) is 0 Å². The van der Waals surface area contributed by atoms with Crippen LogP contribution in [0.1, 0.15) is 37.8 Å². The number of unbranched alkanes of at least 4 members (excludes halogenated alkanes) is 1. The van der Waals surface area contributed by atoms with Gasteiger partial charge < -0.3 is 4.90 Å². The molecule has 1 aromatic carbocycles. The molecule has 0 unspecified atom stereocenters. The van der Waals surface area contributed by atoms with Crippen molar-refractivity contribution < 1.29 is 4.79 Å². The van der Waals surface area contributed by atoms with Crippen LogP contribution in [0.2, 0.25) is 0 Å². The minimum Gasteiger partial charge on any atom is -0.344 e. The normalized spacial score (nSPS) is 11.0. The minimum atomic E-state index is -0.209. The van der Waals surface area contributed by atoms with Crippen LogP contribution in [-0.2, 0) is 11.3 Å². The summed E-state index contributed by atoms with van der Waals surface area (Å²) in [6, 6.07) is 3.97. The summed E-state index contributed by atoms with van der Waals surface area (Å²) >= 11 is 0. The quantitative estimate of drug-likeness (QED) is 0.817. The topological polar surface area (TPSA) is 47.2 Å². The standard InChI is InChI=1S/C19H27N3O2/c1-7-8-9-20(6)18(23)12-21-16-10-14(4)15(5)11-17(16)22(13(2)3)19(21)24/h10-11H,2,7-9,12H2,1,3-6H3. The summed E-state index contributed by atoms with van der Waals surface area (Å²) in [5.41, 5.74) is 4.24. The van der Waals surface area contributed by atoms with Crippen molar-refractivity contribution in [2.75, 3.05) is 13.6 Å². The van der Waals surface area contributed by atoms with E-state index in [2.05, 4.69) is 13.5 Å². The van der Waals surface area contributed by atoms with Crippen molar-refractivity contribution in [2.24, 2.45) is 0 Å². The highest BCUT2D eigenvalue weighted by Crippen LogP contribution is 2.21. The van der Waals surface area contributed by atoms with E-state index in [1.54, 1.807) is 28.0 Å². The molecule has 1 heterocycles. The summed E-state index contributed by atoms with van der Waals surface area (Å²) in [7, 11) is 1.79. The Kier molecular flexibility index (Phi) is 5.32. The molecule has 0 fully saturated rings. The summed E-state index contributed by atoms with van der Waals surface area (Å²) in [5.74, 6) is -0.0513. The molecule has 2 aromatic rings. The van der Waals surface area contributed by atoms with E-state index >= 15 is 0 Å². The third-order valence-electron chi connectivity index (χ3n) is 4.49. The smallest absolute Gasteiger partial charge is 0.333 e. The maximum Gasteiger partial charge on any atom is 0.333 e. The number of carbonyl (C=O) groups is 1. The lowest BCUT2D eigenvalue weighted by molar-refractivity contribution is -0.130. The Labute approximate surface area is 143 Å². The van der Waals surface area contributed by atoms with Crippen molar-refractivity contribution in [3.8, 4) is 0 Å². The molecule has 0 saturated carbocycles. The molecule has 0 atom stereocenters. The first-order valence-electron chi connectivity index (χ1n) is 8.40. The van der Waals surface area contributed by atoms with Gasteiger partial charge in [0.2, 0.25) is 5.91 Å². The molecule has 0 N–H and O–H groups in total. The molecule has 0 spiro atoms. The van der Waals surface area contributed by atoms with Gasteiger partial charge in [0, 0.05) is 19.3 Å². The fourth-order valence-corrected chi connectivity index (χ4v) is 2.81. The molecule has 0 aliphatic heterocycles. The van der Waals surface area contributed by atoms with E-state index < -0.39 is 0 Å².